The average molecular weight is 345 g/mol. The van der Waals surface area contributed by atoms with E-state index in [1.165, 1.54) is 18.3 Å². The van der Waals surface area contributed by atoms with Gasteiger partial charge in [-0.3, -0.25) is 4.79 Å². The number of sulfone groups is 1. The van der Waals surface area contributed by atoms with Gasteiger partial charge in [-0.1, -0.05) is 0 Å². The maximum absolute atomic E-state index is 13.3. The minimum Gasteiger partial charge on any atom is -0.474 e. The molecule has 7 nitrogen and oxygen atoms in total. The number of halogens is 1. The smallest absolute Gasteiger partial charge is 0.250 e. The molecule has 1 saturated heterocycles. The molecule has 0 spiro atoms. The summed E-state index contributed by atoms with van der Waals surface area (Å²) in [6.07, 6.45) is 1.52. The van der Waals surface area contributed by atoms with Crippen molar-refractivity contribution in [3.8, 4) is 5.88 Å². The Kier molecular flexibility index (Phi) is 5.89. The second-order valence-corrected chi connectivity index (χ2v) is 7.67. The van der Waals surface area contributed by atoms with Crippen LogP contribution in [0.1, 0.15) is 6.42 Å². The number of amides is 1. The first-order chi connectivity index (χ1) is 10.9. The molecule has 1 N–H and O–H groups in total. The largest absolute Gasteiger partial charge is 0.474 e. The predicted molar refractivity (Wildman–Crippen MR) is 82.4 cm³/mol. The Morgan fingerprint density at radius 2 is 2.35 bits per heavy atom. The zero-order valence-corrected chi connectivity index (χ0v) is 13.7. The van der Waals surface area contributed by atoms with Crippen LogP contribution in [0.2, 0.25) is 0 Å². The van der Waals surface area contributed by atoms with Gasteiger partial charge in [0.2, 0.25) is 11.8 Å². The third-order valence-corrected chi connectivity index (χ3v) is 5.33. The molecule has 1 aromatic heterocycles. The molecule has 0 bridgehead atoms. The topological polar surface area (TPSA) is 88.6 Å². The average Bonchev–Trinajstić information content (AvgIpc) is 2.49. The molecule has 1 amide bonds. The first-order valence-corrected chi connectivity index (χ1v) is 9.10. The van der Waals surface area contributed by atoms with Gasteiger partial charge in [0, 0.05) is 25.2 Å². The van der Waals surface area contributed by atoms with E-state index in [-0.39, 0.29) is 48.9 Å². The summed E-state index contributed by atoms with van der Waals surface area (Å²) in [5.74, 6) is -0.811. The fourth-order valence-electron chi connectivity index (χ4n) is 2.29. The van der Waals surface area contributed by atoms with Crippen LogP contribution < -0.4 is 10.1 Å². The first kappa shape index (κ1) is 17.6. The van der Waals surface area contributed by atoms with Gasteiger partial charge in [0.15, 0.2) is 15.7 Å². The number of carbonyl (C=O) groups excluding carboxylic acids is 1. The molecule has 9 heteroatoms. The van der Waals surface area contributed by atoms with Crippen molar-refractivity contribution < 1.29 is 22.3 Å². The molecule has 1 aromatic rings. The quantitative estimate of drug-likeness (QED) is 0.721. The van der Waals surface area contributed by atoms with Gasteiger partial charge in [-0.05, 0) is 19.2 Å². The molecule has 128 valence electrons. The summed E-state index contributed by atoms with van der Waals surface area (Å²) in [5, 5.41) is 2.63. The Morgan fingerprint density at radius 3 is 3.09 bits per heavy atom. The van der Waals surface area contributed by atoms with Gasteiger partial charge in [-0.25, -0.2) is 17.8 Å². The van der Waals surface area contributed by atoms with E-state index in [4.69, 9.17) is 4.74 Å². The van der Waals surface area contributed by atoms with Gasteiger partial charge in [-0.15, -0.1) is 0 Å². The van der Waals surface area contributed by atoms with Crippen molar-refractivity contribution >= 4 is 15.7 Å². The number of nitrogens with zero attached hydrogens (tertiary/aromatic N) is 2. The van der Waals surface area contributed by atoms with Crippen molar-refractivity contribution in [1.29, 1.82) is 0 Å². The second-order valence-electron chi connectivity index (χ2n) is 5.44. The molecule has 23 heavy (non-hydrogen) atoms. The van der Waals surface area contributed by atoms with Gasteiger partial charge in [0.25, 0.3) is 0 Å². The van der Waals surface area contributed by atoms with Crippen LogP contribution in [0.5, 0.6) is 5.88 Å². The number of hydrogen-bond acceptors (Lipinski definition) is 6. The molecule has 1 unspecified atom stereocenters. The zero-order valence-electron chi connectivity index (χ0n) is 12.9. The molecule has 1 aliphatic heterocycles. The lowest BCUT2D eigenvalue weighted by atomic mass is 10.2. The van der Waals surface area contributed by atoms with Crippen molar-refractivity contribution in [3.05, 3.63) is 24.1 Å². The predicted octanol–water partition coefficient (Wildman–Crippen LogP) is -0.165. The van der Waals surface area contributed by atoms with Crippen molar-refractivity contribution in [3.63, 3.8) is 0 Å². The van der Waals surface area contributed by atoms with E-state index in [0.29, 0.717) is 6.54 Å². The van der Waals surface area contributed by atoms with E-state index in [9.17, 15) is 17.6 Å². The van der Waals surface area contributed by atoms with E-state index < -0.39 is 15.7 Å². The van der Waals surface area contributed by atoms with E-state index in [0.717, 1.165) is 0 Å². The fraction of sp³-hybridized carbons (Fsp3) is 0.571. The van der Waals surface area contributed by atoms with Crippen LogP contribution in [0.3, 0.4) is 0 Å². The number of carbonyl (C=O) groups is 1. The van der Waals surface area contributed by atoms with Gasteiger partial charge >= 0.3 is 0 Å². The van der Waals surface area contributed by atoms with Gasteiger partial charge in [0.1, 0.15) is 6.61 Å². The summed E-state index contributed by atoms with van der Waals surface area (Å²) in [6, 6.07) is 2.38. The Hall–Kier alpha value is -1.74. The van der Waals surface area contributed by atoms with Crippen LogP contribution in [0.15, 0.2) is 18.3 Å². The highest BCUT2D eigenvalue weighted by Gasteiger charge is 2.30. The van der Waals surface area contributed by atoms with Crippen molar-refractivity contribution in [2.45, 2.75) is 12.5 Å². The van der Waals surface area contributed by atoms with Crippen LogP contribution in [0, 0.1) is 5.82 Å². The van der Waals surface area contributed by atoms with Crippen molar-refractivity contribution in [1.82, 2.24) is 15.2 Å². The molecule has 0 radical (unpaired) electrons. The maximum Gasteiger partial charge on any atom is 0.250 e. The molecular formula is C14H20FN3O4S. The lowest BCUT2D eigenvalue weighted by molar-refractivity contribution is -0.122. The maximum atomic E-state index is 13.3. The zero-order chi connectivity index (χ0) is 16.9. The molecular weight excluding hydrogens is 325 g/mol. The highest BCUT2D eigenvalue weighted by Crippen LogP contribution is 2.13. The van der Waals surface area contributed by atoms with Crippen molar-refractivity contribution in [2.75, 3.05) is 38.2 Å². The van der Waals surface area contributed by atoms with Crippen LogP contribution in [0.4, 0.5) is 4.39 Å². The third-order valence-electron chi connectivity index (χ3n) is 3.63. The number of rotatable bonds is 6. The van der Waals surface area contributed by atoms with E-state index in [1.807, 2.05) is 4.90 Å². The molecule has 0 aromatic carbocycles. The second kappa shape index (κ2) is 7.69. The normalized spacial score (nSPS) is 20.9. The highest BCUT2D eigenvalue weighted by molar-refractivity contribution is 7.91. The number of hydrogen-bond donors (Lipinski definition) is 1. The molecule has 2 rings (SSSR count). The number of ether oxygens (including phenoxy) is 1. The van der Waals surface area contributed by atoms with Crippen molar-refractivity contribution in [2.24, 2.45) is 0 Å². The van der Waals surface area contributed by atoms with Crippen LogP contribution in [0.25, 0.3) is 0 Å². The molecule has 1 atom stereocenters. The summed E-state index contributed by atoms with van der Waals surface area (Å²) in [5.41, 5.74) is 0. The van der Waals surface area contributed by atoms with E-state index in [1.54, 1.807) is 7.05 Å². The first-order valence-electron chi connectivity index (χ1n) is 7.28. The SMILES string of the molecule is CN1CCS(=O)(=O)CC1CC(=O)NCCOc1ncccc1F. The van der Waals surface area contributed by atoms with E-state index >= 15 is 0 Å². The van der Waals surface area contributed by atoms with Gasteiger partial charge in [0.05, 0.1) is 18.1 Å². The minimum absolute atomic E-state index is 0.00737. The Bertz CT molecular complexity index is 653. The van der Waals surface area contributed by atoms with Crippen LogP contribution in [-0.2, 0) is 14.6 Å². The highest BCUT2D eigenvalue weighted by atomic mass is 32.2. The van der Waals surface area contributed by atoms with Gasteiger partial charge in [-0.2, -0.15) is 0 Å². The van der Waals surface area contributed by atoms with Crippen LogP contribution in [-0.4, -0.2) is 68.5 Å². The third kappa shape index (κ3) is 5.43. The Morgan fingerprint density at radius 1 is 1.57 bits per heavy atom. The van der Waals surface area contributed by atoms with Gasteiger partial charge < -0.3 is 15.0 Å². The lowest BCUT2D eigenvalue weighted by Crippen LogP contribution is -2.48. The fourth-order valence-corrected chi connectivity index (χ4v) is 3.98. The van der Waals surface area contributed by atoms with Crippen LogP contribution >= 0.6 is 0 Å². The molecule has 1 aliphatic rings. The lowest BCUT2D eigenvalue weighted by Gasteiger charge is -2.31. The van der Waals surface area contributed by atoms with E-state index in [2.05, 4.69) is 10.3 Å². The molecule has 2 heterocycles. The number of pyridine rings is 1. The summed E-state index contributed by atoms with van der Waals surface area (Å²) >= 11 is 0. The standard InChI is InChI=1S/C14H20FN3O4S/c1-18-6-8-23(20,21)10-11(18)9-13(19)16-5-7-22-14-12(15)3-2-4-17-14/h2-4,11H,5-10H2,1H3,(H,16,19). The number of aromatic nitrogens is 1. The summed E-state index contributed by atoms with van der Waals surface area (Å²) in [4.78, 5) is 17.5. The minimum atomic E-state index is -3.07. The summed E-state index contributed by atoms with van der Waals surface area (Å²) in [7, 11) is -1.27. The Labute approximate surface area is 134 Å². The molecule has 0 aliphatic carbocycles. The summed E-state index contributed by atoms with van der Waals surface area (Å²) < 4.78 is 41.6. The Balaban J connectivity index is 1.72. The molecule has 1 fully saturated rings. The monoisotopic (exact) mass is 345 g/mol. The summed E-state index contributed by atoms with van der Waals surface area (Å²) in [6.45, 7) is 0.707. The molecule has 0 saturated carbocycles. The number of nitrogens with one attached hydrogen (secondary N) is 1.